The lowest BCUT2D eigenvalue weighted by atomic mass is 10.1. The van der Waals surface area contributed by atoms with Gasteiger partial charge < -0.3 is 0 Å². The molecular formula is C13H15BrN2S. The van der Waals surface area contributed by atoms with Gasteiger partial charge in [-0.2, -0.15) is 0 Å². The van der Waals surface area contributed by atoms with Crippen molar-refractivity contribution >= 4 is 37.5 Å². The zero-order valence-corrected chi connectivity index (χ0v) is 12.4. The number of alkyl halides is 1. The summed E-state index contributed by atoms with van der Waals surface area (Å²) in [7, 11) is 0. The number of thiophene rings is 1. The van der Waals surface area contributed by atoms with E-state index in [1.807, 2.05) is 0 Å². The maximum absolute atomic E-state index is 4.50. The Kier molecular flexibility index (Phi) is 2.95. The van der Waals surface area contributed by atoms with E-state index in [1.54, 1.807) is 17.7 Å². The monoisotopic (exact) mass is 310 g/mol. The minimum Gasteiger partial charge on any atom is -0.241 e. The molecular weight excluding hydrogens is 296 g/mol. The Morgan fingerprint density at radius 2 is 2.18 bits per heavy atom. The quantitative estimate of drug-likeness (QED) is 0.800. The Bertz CT molecular complexity index is 560. The first kappa shape index (κ1) is 11.6. The molecule has 90 valence electrons. The van der Waals surface area contributed by atoms with Crippen LogP contribution in [-0.2, 0) is 6.42 Å². The van der Waals surface area contributed by atoms with Gasteiger partial charge in [-0.15, -0.1) is 11.3 Å². The van der Waals surface area contributed by atoms with Crippen molar-refractivity contribution in [2.75, 3.05) is 0 Å². The third-order valence-corrected chi connectivity index (χ3v) is 5.75. The van der Waals surface area contributed by atoms with E-state index in [2.05, 4.69) is 39.7 Å². The Morgan fingerprint density at radius 3 is 2.88 bits per heavy atom. The Hall–Kier alpha value is -0.480. The first-order valence-corrected chi connectivity index (χ1v) is 7.73. The summed E-state index contributed by atoms with van der Waals surface area (Å²) in [6.45, 7) is 4.35. The molecule has 0 spiro atoms. The fraction of sp³-hybridized carbons (Fsp3) is 0.538. The predicted molar refractivity (Wildman–Crippen MR) is 76.0 cm³/mol. The molecule has 1 unspecified atom stereocenters. The molecule has 1 atom stereocenters. The van der Waals surface area contributed by atoms with Gasteiger partial charge in [-0.1, -0.05) is 15.9 Å². The highest BCUT2D eigenvalue weighted by molar-refractivity contribution is 9.09. The Labute approximate surface area is 114 Å². The average Bonchev–Trinajstić information content (AvgIpc) is 3.08. The lowest BCUT2D eigenvalue weighted by molar-refractivity contribution is 0.749. The SMILES string of the molecule is Cc1sc2ncnc(CC(Br)C3CC3)c2c1C. The van der Waals surface area contributed by atoms with E-state index in [9.17, 15) is 0 Å². The van der Waals surface area contributed by atoms with Crippen LogP contribution in [0, 0.1) is 19.8 Å². The zero-order valence-electron chi connectivity index (χ0n) is 10.0. The maximum Gasteiger partial charge on any atom is 0.127 e. The molecule has 2 aromatic rings. The smallest absolute Gasteiger partial charge is 0.127 e. The van der Waals surface area contributed by atoms with Gasteiger partial charge in [-0.05, 0) is 38.2 Å². The number of aryl methyl sites for hydroxylation is 2. The standard InChI is InChI=1S/C13H15BrN2S/c1-7-8(2)17-13-12(7)11(15-6-16-13)5-10(14)9-3-4-9/h6,9-10H,3-5H2,1-2H3. The molecule has 0 radical (unpaired) electrons. The lowest BCUT2D eigenvalue weighted by Crippen LogP contribution is -2.07. The van der Waals surface area contributed by atoms with Crippen molar-refractivity contribution in [2.45, 2.75) is 37.9 Å². The van der Waals surface area contributed by atoms with Gasteiger partial charge in [0, 0.05) is 21.5 Å². The molecule has 0 aromatic carbocycles. The van der Waals surface area contributed by atoms with Gasteiger partial charge in [0.15, 0.2) is 0 Å². The van der Waals surface area contributed by atoms with Crippen molar-refractivity contribution in [3.8, 4) is 0 Å². The highest BCUT2D eigenvalue weighted by atomic mass is 79.9. The van der Waals surface area contributed by atoms with Crippen molar-refractivity contribution in [1.82, 2.24) is 9.97 Å². The first-order chi connectivity index (χ1) is 8.16. The second-order valence-corrected chi connectivity index (χ2v) is 7.22. The summed E-state index contributed by atoms with van der Waals surface area (Å²) in [4.78, 5) is 12.0. The molecule has 2 heterocycles. The van der Waals surface area contributed by atoms with Gasteiger partial charge in [-0.3, -0.25) is 0 Å². The van der Waals surface area contributed by atoms with Gasteiger partial charge >= 0.3 is 0 Å². The third-order valence-electron chi connectivity index (χ3n) is 3.57. The highest BCUT2D eigenvalue weighted by Crippen LogP contribution is 2.39. The molecule has 0 amide bonds. The molecule has 1 fully saturated rings. The number of hydrogen-bond donors (Lipinski definition) is 0. The predicted octanol–water partition coefficient (Wildman–Crippen LogP) is 4.02. The van der Waals surface area contributed by atoms with Crippen LogP contribution in [0.5, 0.6) is 0 Å². The van der Waals surface area contributed by atoms with Crippen molar-refractivity contribution in [2.24, 2.45) is 5.92 Å². The summed E-state index contributed by atoms with van der Waals surface area (Å²) in [6, 6.07) is 0. The van der Waals surface area contributed by atoms with Gasteiger partial charge in [0.1, 0.15) is 11.2 Å². The van der Waals surface area contributed by atoms with Gasteiger partial charge in [-0.25, -0.2) is 9.97 Å². The van der Waals surface area contributed by atoms with Crippen LogP contribution in [0.25, 0.3) is 10.2 Å². The average molecular weight is 311 g/mol. The normalized spacial score (nSPS) is 17.6. The van der Waals surface area contributed by atoms with E-state index in [1.165, 1.54) is 34.4 Å². The third kappa shape index (κ3) is 2.13. The summed E-state index contributed by atoms with van der Waals surface area (Å²) >= 11 is 5.58. The molecule has 3 rings (SSSR count). The van der Waals surface area contributed by atoms with Crippen LogP contribution >= 0.6 is 27.3 Å². The number of rotatable bonds is 3. The van der Waals surface area contributed by atoms with Crippen LogP contribution < -0.4 is 0 Å². The number of fused-ring (bicyclic) bond motifs is 1. The number of aromatic nitrogens is 2. The van der Waals surface area contributed by atoms with E-state index in [4.69, 9.17) is 0 Å². The number of halogens is 1. The van der Waals surface area contributed by atoms with E-state index >= 15 is 0 Å². The molecule has 2 aromatic heterocycles. The van der Waals surface area contributed by atoms with Crippen LogP contribution in [0.15, 0.2) is 6.33 Å². The summed E-state index contributed by atoms with van der Waals surface area (Å²) in [5.74, 6) is 0.861. The van der Waals surface area contributed by atoms with Crippen LogP contribution in [0.3, 0.4) is 0 Å². The number of hydrogen-bond acceptors (Lipinski definition) is 3. The van der Waals surface area contributed by atoms with E-state index in [0.29, 0.717) is 4.83 Å². The summed E-state index contributed by atoms with van der Waals surface area (Å²) in [5, 5.41) is 1.29. The fourth-order valence-electron chi connectivity index (χ4n) is 2.22. The van der Waals surface area contributed by atoms with Gasteiger partial charge in [0.2, 0.25) is 0 Å². The second kappa shape index (κ2) is 4.32. The van der Waals surface area contributed by atoms with Gasteiger partial charge in [0.25, 0.3) is 0 Å². The first-order valence-electron chi connectivity index (χ1n) is 6.00. The highest BCUT2D eigenvalue weighted by Gasteiger charge is 2.30. The summed E-state index contributed by atoms with van der Waals surface area (Å²) < 4.78 is 0. The topological polar surface area (TPSA) is 25.8 Å². The Morgan fingerprint density at radius 1 is 1.41 bits per heavy atom. The molecule has 4 heteroatoms. The summed E-state index contributed by atoms with van der Waals surface area (Å²) in [5.41, 5.74) is 2.57. The van der Waals surface area contributed by atoms with Crippen LogP contribution in [-0.4, -0.2) is 14.8 Å². The van der Waals surface area contributed by atoms with Crippen LogP contribution in [0.1, 0.15) is 29.0 Å². The molecule has 0 aliphatic heterocycles. The van der Waals surface area contributed by atoms with Crippen molar-refractivity contribution in [1.29, 1.82) is 0 Å². The van der Waals surface area contributed by atoms with E-state index < -0.39 is 0 Å². The minimum atomic E-state index is 0.584. The van der Waals surface area contributed by atoms with E-state index in [-0.39, 0.29) is 0 Å². The van der Waals surface area contributed by atoms with Crippen molar-refractivity contribution in [3.05, 3.63) is 22.5 Å². The maximum atomic E-state index is 4.50. The molecule has 17 heavy (non-hydrogen) atoms. The second-order valence-electron chi connectivity index (χ2n) is 4.84. The van der Waals surface area contributed by atoms with Crippen LogP contribution in [0.4, 0.5) is 0 Å². The molecule has 2 nitrogen and oxygen atoms in total. The Balaban J connectivity index is 2.02. The van der Waals surface area contributed by atoms with Gasteiger partial charge in [0.05, 0.1) is 5.69 Å². The minimum absolute atomic E-state index is 0.584. The molecule has 1 aliphatic carbocycles. The van der Waals surface area contributed by atoms with Crippen molar-refractivity contribution < 1.29 is 0 Å². The lowest BCUT2D eigenvalue weighted by Gasteiger charge is -2.08. The van der Waals surface area contributed by atoms with Crippen LogP contribution in [0.2, 0.25) is 0 Å². The molecule has 1 aliphatic rings. The molecule has 0 N–H and O–H groups in total. The largest absolute Gasteiger partial charge is 0.241 e. The summed E-state index contributed by atoms with van der Waals surface area (Å²) in [6.07, 6.45) is 5.47. The molecule has 0 saturated heterocycles. The molecule has 0 bridgehead atoms. The fourth-order valence-corrected chi connectivity index (χ4v) is 4.07. The number of nitrogens with zero attached hydrogens (tertiary/aromatic N) is 2. The molecule has 1 saturated carbocycles. The van der Waals surface area contributed by atoms with E-state index in [0.717, 1.165) is 17.2 Å². The van der Waals surface area contributed by atoms with Crippen molar-refractivity contribution in [3.63, 3.8) is 0 Å². The zero-order chi connectivity index (χ0) is 12.0.